The normalized spacial score (nSPS) is 11.2. The first-order chi connectivity index (χ1) is 17.6. The molecular weight excluding hydrogens is 503 g/mol. The topological polar surface area (TPSA) is 120 Å². The molecule has 1 amide bonds. The van der Waals surface area contributed by atoms with E-state index in [1.54, 1.807) is 31.2 Å². The summed E-state index contributed by atoms with van der Waals surface area (Å²) in [6, 6.07) is 18.0. The highest BCUT2D eigenvalue weighted by Crippen LogP contribution is 2.24. The molecule has 0 N–H and O–H groups in total. The maximum atomic E-state index is 13.3. The van der Waals surface area contributed by atoms with E-state index in [0.29, 0.717) is 16.9 Å². The van der Waals surface area contributed by atoms with Crippen molar-refractivity contribution in [2.75, 3.05) is 0 Å². The fraction of sp³-hybridized carbons (Fsp3) is 0.115. The Labute approximate surface area is 212 Å². The van der Waals surface area contributed by atoms with Crippen molar-refractivity contribution >= 4 is 21.7 Å². The minimum absolute atomic E-state index is 0.0335. The zero-order valence-electron chi connectivity index (χ0n) is 19.5. The fourth-order valence-electron chi connectivity index (χ4n) is 3.56. The number of benzene rings is 3. The Morgan fingerprint density at radius 1 is 1.03 bits per heavy atom. The summed E-state index contributed by atoms with van der Waals surface area (Å²) < 4.78 is 48.5. The van der Waals surface area contributed by atoms with Gasteiger partial charge >= 0.3 is 10.1 Å². The number of nitrogens with zero attached hydrogens (tertiary/aromatic N) is 2. The molecule has 1 heterocycles. The summed E-state index contributed by atoms with van der Waals surface area (Å²) in [5.41, 5.74) is 1.07. The molecule has 0 unspecified atom stereocenters. The second-order valence-corrected chi connectivity index (χ2v) is 9.68. The maximum Gasteiger partial charge on any atom is 0.339 e. The van der Waals surface area contributed by atoms with Crippen molar-refractivity contribution in [2.45, 2.75) is 24.9 Å². The van der Waals surface area contributed by atoms with Crippen LogP contribution in [0.25, 0.3) is 0 Å². The number of carbonyl (C=O) groups is 1. The van der Waals surface area contributed by atoms with Crippen LogP contribution >= 0.6 is 0 Å². The number of hydrogen-bond donors (Lipinski definition) is 0. The average molecular weight is 525 g/mol. The lowest BCUT2D eigenvalue weighted by molar-refractivity contribution is -0.385. The highest BCUT2D eigenvalue weighted by Gasteiger charge is 2.22. The standard InChI is InChI=1S/C26H21FN2O7S/c1-18-4-7-20(15-25(18)29(31)32)26(30)28(17-23-3-2-14-35-23)16-19-5-10-22(11-6-19)36-37(33,34)24-12-8-21(27)9-13-24/h2-15H,16-17H2,1H3. The van der Waals surface area contributed by atoms with Crippen molar-refractivity contribution in [3.05, 3.63) is 124 Å². The Bertz CT molecular complexity index is 1520. The first-order valence-electron chi connectivity index (χ1n) is 11.0. The molecule has 0 fully saturated rings. The van der Waals surface area contributed by atoms with E-state index in [0.717, 1.165) is 24.3 Å². The third-order valence-corrected chi connectivity index (χ3v) is 6.73. The molecular formula is C26H21FN2O7S. The summed E-state index contributed by atoms with van der Waals surface area (Å²) in [4.78, 5) is 25.4. The number of carbonyl (C=O) groups excluding carboxylic acids is 1. The Balaban J connectivity index is 1.54. The van der Waals surface area contributed by atoms with Crippen molar-refractivity contribution in [3.63, 3.8) is 0 Å². The molecule has 37 heavy (non-hydrogen) atoms. The van der Waals surface area contributed by atoms with Crippen LogP contribution in [0.15, 0.2) is 94.4 Å². The average Bonchev–Trinajstić information content (AvgIpc) is 3.38. The van der Waals surface area contributed by atoms with Crippen LogP contribution in [-0.4, -0.2) is 24.1 Å². The number of aryl methyl sites for hydroxylation is 1. The first kappa shape index (κ1) is 25.6. The summed E-state index contributed by atoms with van der Waals surface area (Å²) in [6.07, 6.45) is 1.47. The second kappa shape index (κ2) is 10.6. The number of nitro benzene ring substituents is 1. The largest absolute Gasteiger partial charge is 0.467 e. The molecule has 0 atom stereocenters. The number of rotatable bonds is 9. The van der Waals surface area contributed by atoms with E-state index in [2.05, 4.69) is 0 Å². The molecule has 0 aliphatic heterocycles. The molecule has 0 saturated heterocycles. The molecule has 1 aromatic heterocycles. The van der Waals surface area contributed by atoms with Crippen LogP contribution in [0.2, 0.25) is 0 Å². The maximum absolute atomic E-state index is 13.3. The highest BCUT2D eigenvalue weighted by molar-refractivity contribution is 7.87. The molecule has 0 saturated carbocycles. The van der Waals surface area contributed by atoms with Gasteiger partial charge in [-0.2, -0.15) is 8.42 Å². The lowest BCUT2D eigenvalue weighted by atomic mass is 10.1. The van der Waals surface area contributed by atoms with Crippen LogP contribution in [0, 0.1) is 22.9 Å². The Morgan fingerprint density at radius 3 is 2.35 bits per heavy atom. The molecule has 11 heteroatoms. The molecule has 0 bridgehead atoms. The molecule has 4 aromatic rings. The lowest BCUT2D eigenvalue weighted by Gasteiger charge is -2.22. The van der Waals surface area contributed by atoms with E-state index in [4.69, 9.17) is 8.60 Å². The number of nitro groups is 1. The van der Waals surface area contributed by atoms with Gasteiger partial charge in [-0.05, 0) is 67.1 Å². The highest BCUT2D eigenvalue weighted by atomic mass is 32.2. The predicted octanol–water partition coefficient (Wildman–Crippen LogP) is 5.25. The lowest BCUT2D eigenvalue weighted by Crippen LogP contribution is -2.30. The van der Waals surface area contributed by atoms with Gasteiger partial charge in [0.05, 0.1) is 17.7 Å². The summed E-state index contributed by atoms with van der Waals surface area (Å²) in [6.45, 7) is 1.80. The zero-order chi connectivity index (χ0) is 26.6. The third kappa shape index (κ3) is 6.19. The monoisotopic (exact) mass is 524 g/mol. The van der Waals surface area contributed by atoms with Crippen molar-refractivity contribution in [2.24, 2.45) is 0 Å². The molecule has 190 valence electrons. The van der Waals surface area contributed by atoms with Gasteiger partial charge in [-0.3, -0.25) is 14.9 Å². The molecule has 0 aliphatic carbocycles. The number of furan rings is 1. The van der Waals surface area contributed by atoms with E-state index in [-0.39, 0.29) is 35.0 Å². The molecule has 0 aliphatic rings. The van der Waals surface area contributed by atoms with E-state index in [1.807, 2.05) is 0 Å². The van der Waals surface area contributed by atoms with Gasteiger partial charge < -0.3 is 13.5 Å². The molecule has 9 nitrogen and oxygen atoms in total. The van der Waals surface area contributed by atoms with Gasteiger partial charge in [-0.1, -0.05) is 18.2 Å². The predicted molar refractivity (Wildman–Crippen MR) is 131 cm³/mol. The van der Waals surface area contributed by atoms with E-state index in [9.17, 15) is 27.7 Å². The van der Waals surface area contributed by atoms with Gasteiger partial charge in [0.2, 0.25) is 0 Å². The third-order valence-electron chi connectivity index (χ3n) is 5.47. The smallest absolute Gasteiger partial charge is 0.339 e. The fourth-order valence-corrected chi connectivity index (χ4v) is 4.49. The Morgan fingerprint density at radius 2 is 1.73 bits per heavy atom. The minimum atomic E-state index is -4.16. The summed E-state index contributed by atoms with van der Waals surface area (Å²) in [7, 11) is -4.16. The molecule has 0 radical (unpaired) electrons. The van der Waals surface area contributed by atoms with Gasteiger partial charge in [0, 0.05) is 23.7 Å². The van der Waals surface area contributed by atoms with Crippen LogP contribution in [0.3, 0.4) is 0 Å². The quantitative estimate of drug-likeness (QED) is 0.167. The molecule has 3 aromatic carbocycles. The van der Waals surface area contributed by atoms with Crippen LogP contribution in [0.5, 0.6) is 5.75 Å². The zero-order valence-corrected chi connectivity index (χ0v) is 20.4. The van der Waals surface area contributed by atoms with Crippen LogP contribution < -0.4 is 4.18 Å². The van der Waals surface area contributed by atoms with Crippen LogP contribution in [0.1, 0.15) is 27.2 Å². The van der Waals surface area contributed by atoms with Crippen LogP contribution in [-0.2, 0) is 23.2 Å². The number of amides is 1. The van der Waals surface area contributed by atoms with Crippen molar-refractivity contribution in [3.8, 4) is 5.75 Å². The van der Waals surface area contributed by atoms with E-state index >= 15 is 0 Å². The SMILES string of the molecule is Cc1ccc(C(=O)N(Cc2ccc(OS(=O)(=O)c3ccc(F)cc3)cc2)Cc2ccco2)cc1[N+](=O)[O-]. The summed E-state index contributed by atoms with van der Waals surface area (Å²) in [5, 5.41) is 11.3. The van der Waals surface area contributed by atoms with Gasteiger partial charge in [0.25, 0.3) is 11.6 Å². The van der Waals surface area contributed by atoms with Crippen molar-refractivity contribution in [1.82, 2.24) is 4.90 Å². The van der Waals surface area contributed by atoms with Gasteiger partial charge in [0.15, 0.2) is 0 Å². The first-order valence-corrected chi connectivity index (χ1v) is 12.4. The van der Waals surface area contributed by atoms with Gasteiger partial charge in [0.1, 0.15) is 22.2 Å². The second-order valence-electron chi connectivity index (χ2n) is 8.13. The number of hydrogen-bond acceptors (Lipinski definition) is 7. The van der Waals surface area contributed by atoms with E-state index < -0.39 is 26.8 Å². The van der Waals surface area contributed by atoms with Crippen molar-refractivity contribution < 1.29 is 31.1 Å². The van der Waals surface area contributed by atoms with Gasteiger partial charge in [-0.15, -0.1) is 0 Å². The minimum Gasteiger partial charge on any atom is -0.467 e. The Kier molecular flexibility index (Phi) is 7.35. The molecule has 0 spiro atoms. The van der Waals surface area contributed by atoms with Crippen molar-refractivity contribution in [1.29, 1.82) is 0 Å². The summed E-state index contributed by atoms with van der Waals surface area (Å²) >= 11 is 0. The Hall–Kier alpha value is -4.51. The van der Waals surface area contributed by atoms with E-state index in [1.165, 1.54) is 41.5 Å². The molecule has 4 rings (SSSR count). The summed E-state index contributed by atoms with van der Waals surface area (Å²) in [5.74, 6) is -0.470. The number of halogens is 1. The van der Waals surface area contributed by atoms with Crippen LogP contribution in [0.4, 0.5) is 10.1 Å². The van der Waals surface area contributed by atoms with Gasteiger partial charge in [-0.25, -0.2) is 4.39 Å².